The lowest BCUT2D eigenvalue weighted by Gasteiger charge is -2.31. The van der Waals surface area contributed by atoms with E-state index in [-0.39, 0.29) is 11.5 Å². The molecule has 0 aliphatic carbocycles. The third kappa shape index (κ3) is 4.74. The van der Waals surface area contributed by atoms with Gasteiger partial charge < -0.3 is 15.5 Å². The number of nitrogens with one attached hydrogen (secondary N) is 2. The Morgan fingerprint density at radius 1 is 0.972 bits per heavy atom. The quantitative estimate of drug-likeness (QED) is 0.571. The molecular formula is C27H26N4O4S. The number of benzene rings is 3. The number of anilines is 2. The molecule has 2 heterocycles. The van der Waals surface area contributed by atoms with Gasteiger partial charge in [0.05, 0.1) is 34.2 Å². The Kier molecular flexibility index (Phi) is 6.32. The van der Waals surface area contributed by atoms with Crippen molar-refractivity contribution in [1.82, 2.24) is 5.32 Å². The summed E-state index contributed by atoms with van der Waals surface area (Å²) in [6.07, 6.45) is -1.16. The van der Waals surface area contributed by atoms with Crippen LogP contribution < -0.4 is 15.5 Å². The topological polar surface area (TPSA) is 108 Å². The standard InChI is InChI=1S/C27H26N4O4S/c1-18-8-7-12-21(24(18)31-14-16-36(34,35)17-15-31)26(32)30-25-27(33)28-22-13-6-5-11-20(22)23(29-25)19-9-3-2-4-10-19/h2-13,25H,14-17H2,1H3,(H,28,33)(H,30,32)/t25-/m1/s1. The first-order chi connectivity index (χ1) is 17.3. The number of carbonyl (C=O) groups excluding carboxylic acids is 2. The molecule has 1 saturated heterocycles. The van der Waals surface area contributed by atoms with E-state index in [9.17, 15) is 18.0 Å². The van der Waals surface area contributed by atoms with E-state index < -0.39 is 27.8 Å². The molecule has 3 aromatic rings. The van der Waals surface area contributed by atoms with Crippen LogP contribution in [-0.4, -0.2) is 56.7 Å². The van der Waals surface area contributed by atoms with E-state index in [1.54, 1.807) is 18.2 Å². The van der Waals surface area contributed by atoms with Crippen molar-refractivity contribution in [2.75, 3.05) is 34.8 Å². The highest BCUT2D eigenvalue weighted by Crippen LogP contribution is 2.28. The number of hydrogen-bond donors (Lipinski definition) is 2. The number of nitrogens with zero attached hydrogens (tertiary/aromatic N) is 2. The maximum atomic E-state index is 13.5. The molecular weight excluding hydrogens is 476 g/mol. The van der Waals surface area contributed by atoms with E-state index in [0.29, 0.717) is 35.7 Å². The Labute approximate surface area is 210 Å². The molecule has 1 atom stereocenters. The third-order valence-electron chi connectivity index (χ3n) is 6.40. The minimum absolute atomic E-state index is 0.0381. The van der Waals surface area contributed by atoms with Crippen molar-refractivity contribution in [2.24, 2.45) is 4.99 Å². The number of hydrogen-bond acceptors (Lipinski definition) is 6. The number of amides is 2. The average molecular weight is 503 g/mol. The lowest BCUT2D eigenvalue weighted by Crippen LogP contribution is -2.44. The molecule has 0 bridgehead atoms. The minimum atomic E-state index is -3.08. The lowest BCUT2D eigenvalue weighted by molar-refractivity contribution is -0.117. The molecule has 5 rings (SSSR count). The summed E-state index contributed by atoms with van der Waals surface area (Å²) in [4.78, 5) is 33.3. The summed E-state index contributed by atoms with van der Waals surface area (Å²) in [7, 11) is -3.08. The zero-order chi connectivity index (χ0) is 25.3. The van der Waals surface area contributed by atoms with Crippen molar-refractivity contribution >= 4 is 38.7 Å². The number of benzodiazepines with no additional fused rings is 1. The lowest BCUT2D eigenvalue weighted by atomic mass is 10.0. The molecule has 8 nitrogen and oxygen atoms in total. The fraction of sp³-hybridized carbons (Fsp3) is 0.222. The van der Waals surface area contributed by atoms with Gasteiger partial charge in [0.15, 0.2) is 9.84 Å². The fourth-order valence-corrected chi connectivity index (χ4v) is 5.78. The molecule has 0 unspecified atom stereocenters. The molecule has 2 N–H and O–H groups in total. The molecule has 0 saturated carbocycles. The van der Waals surface area contributed by atoms with Crippen LogP contribution in [0.3, 0.4) is 0 Å². The van der Waals surface area contributed by atoms with E-state index in [0.717, 1.165) is 16.7 Å². The number of aryl methyl sites for hydroxylation is 1. The summed E-state index contributed by atoms with van der Waals surface area (Å²) in [5.41, 5.74) is 4.71. The van der Waals surface area contributed by atoms with Gasteiger partial charge in [-0.3, -0.25) is 9.59 Å². The van der Waals surface area contributed by atoms with Crippen molar-refractivity contribution in [3.05, 3.63) is 95.1 Å². The minimum Gasteiger partial charge on any atom is -0.369 e. The van der Waals surface area contributed by atoms with Gasteiger partial charge in [0.25, 0.3) is 11.8 Å². The zero-order valence-electron chi connectivity index (χ0n) is 19.8. The number of para-hydroxylation sites is 2. The van der Waals surface area contributed by atoms with E-state index in [4.69, 9.17) is 4.99 Å². The fourth-order valence-electron chi connectivity index (χ4n) is 4.58. The predicted octanol–water partition coefficient (Wildman–Crippen LogP) is 2.78. The third-order valence-corrected chi connectivity index (χ3v) is 8.01. The van der Waals surface area contributed by atoms with Crippen molar-refractivity contribution < 1.29 is 18.0 Å². The van der Waals surface area contributed by atoms with Gasteiger partial charge in [-0.1, -0.05) is 60.7 Å². The summed E-state index contributed by atoms with van der Waals surface area (Å²) < 4.78 is 23.9. The molecule has 2 aliphatic rings. The zero-order valence-corrected chi connectivity index (χ0v) is 20.6. The number of fused-ring (bicyclic) bond motifs is 1. The number of carbonyl (C=O) groups is 2. The average Bonchev–Trinajstić information content (AvgIpc) is 3.01. The van der Waals surface area contributed by atoms with Crippen LogP contribution in [0.15, 0.2) is 77.8 Å². The SMILES string of the molecule is Cc1cccc(C(=O)N[C@H]2N=C(c3ccccc3)c3ccccc3NC2=O)c1N1CCS(=O)(=O)CC1. The van der Waals surface area contributed by atoms with Crippen LogP contribution >= 0.6 is 0 Å². The van der Waals surface area contributed by atoms with E-state index in [1.165, 1.54) is 0 Å². The Hall–Kier alpha value is -3.98. The first-order valence-corrected chi connectivity index (χ1v) is 13.5. The van der Waals surface area contributed by atoms with Crippen molar-refractivity contribution in [3.63, 3.8) is 0 Å². The summed E-state index contributed by atoms with van der Waals surface area (Å²) in [5, 5.41) is 5.68. The molecule has 9 heteroatoms. The highest BCUT2D eigenvalue weighted by Gasteiger charge is 2.30. The van der Waals surface area contributed by atoms with Gasteiger partial charge in [0, 0.05) is 24.2 Å². The molecule has 2 aliphatic heterocycles. The maximum Gasteiger partial charge on any atom is 0.269 e. The largest absolute Gasteiger partial charge is 0.369 e. The molecule has 1 fully saturated rings. The van der Waals surface area contributed by atoms with Gasteiger partial charge in [-0.2, -0.15) is 0 Å². The van der Waals surface area contributed by atoms with Crippen LogP contribution in [0.25, 0.3) is 0 Å². The van der Waals surface area contributed by atoms with Crippen molar-refractivity contribution in [3.8, 4) is 0 Å². The first-order valence-electron chi connectivity index (χ1n) is 11.7. The first kappa shape index (κ1) is 23.7. The van der Waals surface area contributed by atoms with Crippen molar-refractivity contribution in [2.45, 2.75) is 13.1 Å². The smallest absolute Gasteiger partial charge is 0.269 e. The molecule has 2 amide bonds. The van der Waals surface area contributed by atoms with Gasteiger partial charge in [0.1, 0.15) is 0 Å². The maximum absolute atomic E-state index is 13.5. The van der Waals surface area contributed by atoms with Crippen molar-refractivity contribution in [1.29, 1.82) is 0 Å². The molecule has 184 valence electrons. The second kappa shape index (κ2) is 9.58. The van der Waals surface area contributed by atoms with Gasteiger partial charge in [-0.15, -0.1) is 0 Å². The molecule has 0 spiro atoms. The second-order valence-electron chi connectivity index (χ2n) is 8.86. The molecule has 3 aromatic carbocycles. The second-order valence-corrected chi connectivity index (χ2v) is 11.2. The van der Waals surface area contributed by atoms with Crippen LogP contribution in [0.2, 0.25) is 0 Å². The molecule has 36 heavy (non-hydrogen) atoms. The Morgan fingerprint density at radius 2 is 1.67 bits per heavy atom. The van der Waals surface area contributed by atoms with Gasteiger partial charge in [0.2, 0.25) is 6.17 Å². The van der Waals surface area contributed by atoms with Crippen LogP contribution in [0, 0.1) is 6.92 Å². The molecule has 0 radical (unpaired) electrons. The number of sulfone groups is 1. The van der Waals surface area contributed by atoms with Crippen LogP contribution in [-0.2, 0) is 14.6 Å². The van der Waals surface area contributed by atoms with Crippen LogP contribution in [0.4, 0.5) is 11.4 Å². The Bertz CT molecular complexity index is 1450. The van der Waals surface area contributed by atoms with Crippen LogP contribution in [0.1, 0.15) is 27.0 Å². The summed E-state index contributed by atoms with van der Waals surface area (Å²) >= 11 is 0. The van der Waals surface area contributed by atoms with E-state index >= 15 is 0 Å². The van der Waals surface area contributed by atoms with Gasteiger partial charge >= 0.3 is 0 Å². The Balaban J connectivity index is 1.49. The van der Waals surface area contributed by atoms with E-state index in [1.807, 2.05) is 66.4 Å². The Morgan fingerprint density at radius 3 is 2.42 bits per heavy atom. The summed E-state index contributed by atoms with van der Waals surface area (Å²) in [5.74, 6) is -0.822. The highest BCUT2D eigenvalue weighted by molar-refractivity contribution is 7.91. The predicted molar refractivity (Wildman–Crippen MR) is 140 cm³/mol. The summed E-state index contributed by atoms with van der Waals surface area (Å²) in [6, 6.07) is 22.3. The van der Waals surface area contributed by atoms with Crippen LogP contribution in [0.5, 0.6) is 0 Å². The number of aliphatic imine (C=N–C) groups is 1. The molecule has 0 aromatic heterocycles. The highest BCUT2D eigenvalue weighted by atomic mass is 32.2. The summed E-state index contributed by atoms with van der Waals surface area (Å²) in [6.45, 7) is 2.50. The normalized spacial score (nSPS) is 18.9. The number of rotatable bonds is 4. The van der Waals surface area contributed by atoms with Gasteiger partial charge in [-0.25, -0.2) is 13.4 Å². The monoisotopic (exact) mass is 502 g/mol. The van der Waals surface area contributed by atoms with E-state index in [2.05, 4.69) is 10.6 Å². The van der Waals surface area contributed by atoms with Gasteiger partial charge in [-0.05, 0) is 24.6 Å².